The fourth-order valence-electron chi connectivity index (χ4n) is 3.11. The number of benzene rings is 2. The molecule has 0 saturated heterocycles. The normalized spacial score (nSPS) is 13.6. The first-order valence-corrected chi connectivity index (χ1v) is 9.36. The molecule has 2 aromatic carbocycles. The fourth-order valence-corrected chi connectivity index (χ4v) is 3.11. The van der Waals surface area contributed by atoms with E-state index in [1.54, 1.807) is 0 Å². The number of hydrogen-bond donors (Lipinski definition) is 1. The first kappa shape index (κ1) is 19.8. The van der Waals surface area contributed by atoms with Crippen LogP contribution in [0, 0.1) is 19.3 Å². The smallest absolute Gasteiger partial charge is 0.0690 e. The minimum Gasteiger partial charge on any atom is -0.300 e. The molecule has 2 aromatic rings. The second kappa shape index (κ2) is 8.75. The van der Waals surface area contributed by atoms with Gasteiger partial charge in [0, 0.05) is 28.5 Å². The van der Waals surface area contributed by atoms with Crippen LogP contribution < -0.4 is 0 Å². The molecule has 0 aliphatic heterocycles. The Morgan fingerprint density at radius 1 is 1.08 bits per heavy atom. The molecule has 2 heteroatoms. The number of nitrogens with one attached hydrogen (secondary N) is 1. The molecular formula is C24H30N2. The van der Waals surface area contributed by atoms with Gasteiger partial charge in [-0.25, -0.2) is 0 Å². The van der Waals surface area contributed by atoms with Crippen molar-refractivity contribution >= 4 is 17.0 Å². The third-order valence-corrected chi connectivity index (χ3v) is 4.83. The van der Waals surface area contributed by atoms with Gasteiger partial charge in [0.1, 0.15) is 0 Å². The number of aliphatic imine (C=N–C) groups is 1. The molecule has 2 nitrogen and oxygen atoms in total. The lowest BCUT2D eigenvalue weighted by molar-refractivity contribution is 0.717. The Morgan fingerprint density at radius 3 is 2.35 bits per heavy atom. The Labute approximate surface area is 158 Å². The standard InChI is InChI=1S/C24H30N2/c1-7-18(5)26-19(6)21-11-9-10-12-22(21)20(8-2)24(25)23-15-16(3)13-14-17(23)4/h8-15,18,25H,7H2,1-6H3/b20-8+,25-24?,26-19+. The molecule has 0 fully saturated rings. The lowest BCUT2D eigenvalue weighted by Gasteiger charge is -2.17. The predicted octanol–water partition coefficient (Wildman–Crippen LogP) is 6.38. The van der Waals surface area contributed by atoms with E-state index in [4.69, 9.17) is 10.4 Å². The van der Waals surface area contributed by atoms with Crippen LogP contribution in [0.4, 0.5) is 0 Å². The van der Waals surface area contributed by atoms with E-state index in [1.807, 2.05) is 25.1 Å². The van der Waals surface area contributed by atoms with E-state index in [0.29, 0.717) is 11.8 Å². The van der Waals surface area contributed by atoms with Crippen molar-refractivity contribution in [3.8, 4) is 0 Å². The summed E-state index contributed by atoms with van der Waals surface area (Å²) in [5.41, 5.74) is 8.02. The molecule has 1 atom stereocenters. The maximum absolute atomic E-state index is 8.87. The average Bonchev–Trinajstić information content (AvgIpc) is 2.64. The van der Waals surface area contributed by atoms with Crippen LogP contribution in [-0.4, -0.2) is 17.5 Å². The van der Waals surface area contributed by atoms with Gasteiger partial charge >= 0.3 is 0 Å². The summed E-state index contributed by atoms with van der Waals surface area (Å²) < 4.78 is 0. The van der Waals surface area contributed by atoms with Gasteiger partial charge in [0.25, 0.3) is 0 Å². The molecule has 0 bridgehead atoms. The van der Waals surface area contributed by atoms with Gasteiger partial charge in [-0.05, 0) is 58.2 Å². The molecule has 1 N–H and O–H groups in total. The summed E-state index contributed by atoms with van der Waals surface area (Å²) in [6.45, 7) is 12.5. The topological polar surface area (TPSA) is 36.2 Å². The minimum absolute atomic E-state index is 0.301. The molecule has 0 saturated carbocycles. The minimum atomic E-state index is 0.301. The summed E-state index contributed by atoms with van der Waals surface area (Å²) in [6.07, 6.45) is 3.06. The van der Waals surface area contributed by atoms with Crippen LogP contribution in [0.15, 0.2) is 53.5 Å². The van der Waals surface area contributed by atoms with Gasteiger partial charge in [0.2, 0.25) is 0 Å². The third-order valence-electron chi connectivity index (χ3n) is 4.83. The van der Waals surface area contributed by atoms with Gasteiger partial charge in [0.05, 0.1) is 5.71 Å². The first-order chi connectivity index (χ1) is 12.4. The number of nitrogens with zero attached hydrogens (tertiary/aromatic N) is 1. The summed E-state index contributed by atoms with van der Waals surface area (Å²) in [6, 6.07) is 14.9. The van der Waals surface area contributed by atoms with Crippen LogP contribution in [0.3, 0.4) is 0 Å². The SMILES string of the molecule is C/C=C(/C(=N)c1cc(C)ccc1C)c1ccccc1/C(C)=N/C(C)CC. The molecule has 0 aromatic heterocycles. The Balaban J connectivity index is 2.54. The molecular weight excluding hydrogens is 316 g/mol. The van der Waals surface area contributed by atoms with E-state index >= 15 is 0 Å². The summed E-state index contributed by atoms with van der Waals surface area (Å²) in [7, 11) is 0. The highest BCUT2D eigenvalue weighted by atomic mass is 14.8. The molecule has 0 aliphatic rings. The van der Waals surface area contributed by atoms with Crippen LogP contribution in [0.5, 0.6) is 0 Å². The Bertz CT molecular complexity index is 856. The Morgan fingerprint density at radius 2 is 1.73 bits per heavy atom. The summed E-state index contributed by atoms with van der Waals surface area (Å²) in [4.78, 5) is 4.83. The van der Waals surface area contributed by atoms with Crippen molar-refractivity contribution in [2.24, 2.45) is 4.99 Å². The highest BCUT2D eigenvalue weighted by molar-refractivity contribution is 6.32. The first-order valence-electron chi connectivity index (χ1n) is 9.36. The zero-order chi connectivity index (χ0) is 19.3. The molecule has 136 valence electrons. The maximum atomic E-state index is 8.87. The van der Waals surface area contributed by atoms with E-state index < -0.39 is 0 Å². The lowest BCUT2D eigenvalue weighted by atomic mass is 9.89. The predicted molar refractivity (Wildman–Crippen MR) is 115 cm³/mol. The number of rotatable bonds is 6. The van der Waals surface area contributed by atoms with Crippen molar-refractivity contribution in [2.75, 3.05) is 0 Å². The lowest BCUT2D eigenvalue weighted by Crippen LogP contribution is -2.10. The van der Waals surface area contributed by atoms with Crippen LogP contribution in [-0.2, 0) is 0 Å². The number of hydrogen-bond acceptors (Lipinski definition) is 2. The molecule has 2 rings (SSSR count). The Kier molecular flexibility index (Phi) is 6.68. The largest absolute Gasteiger partial charge is 0.300 e. The quantitative estimate of drug-likeness (QED) is 0.589. The summed E-state index contributed by atoms with van der Waals surface area (Å²) in [5.74, 6) is 0. The monoisotopic (exact) mass is 346 g/mol. The summed E-state index contributed by atoms with van der Waals surface area (Å²) in [5, 5.41) is 8.87. The molecule has 0 heterocycles. The van der Waals surface area contributed by atoms with E-state index in [1.165, 1.54) is 5.56 Å². The molecule has 0 aliphatic carbocycles. The van der Waals surface area contributed by atoms with Gasteiger partial charge in [-0.2, -0.15) is 0 Å². The van der Waals surface area contributed by atoms with Crippen molar-refractivity contribution in [3.63, 3.8) is 0 Å². The maximum Gasteiger partial charge on any atom is 0.0690 e. The van der Waals surface area contributed by atoms with E-state index in [0.717, 1.165) is 40.0 Å². The zero-order valence-corrected chi connectivity index (χ0v) is 16.9. The van der Waals surface area contributed by atoms with Gasteiger partial charge < -0.3 is 0 Å². The molecule has 0 radical (unpaired) electrons. The van der Waals surface area contributed by atoms with Crippen molar-refractivity contribution in [3.05, 3.63) is 76.4 Å². The molecule has 0 spiro atoms. The van der Waals surface area contributed by atoms with Crippen molar-refractivity contribution in [2.45, 2.75) is 54.0 Å². The number of aryl methyl sites for hydroxylation is 2. The third kappa shape index (κ3) is 4.37. The highest BCUT2D eigenvalue weighted by Gasteiger charge is 2.16. The van der Waals surface area contributed by atoms with Crippen molar-refractivity contribution in [1.29, 1.82) is 5.41 Å². The Hall–Kier alpha value is -2.48. The van der Waals surface area contributed by atoms with E-state index in [2.05, 4.69) is 65.0 Å². The van der Waals surface area contributed by atoms with Gasteiger partial charge in [-0.1, -0.05) is 55.0 Å². The van der Waals surface area contributed by atoms with E-state index in [-0.39, 0.29) is 0 Å². The molecule has 1 unspecified atom stereocenters. The number of allylic oxidation sites excluding steroid dienone is 2. The van der Waals surface area contributed by atoms with Crippen molar-refractivity contribution < 1.29 is 0 Å². The van der Waals surface area contributed by atoms with Gasteiger partial charge in [-0.15, -0.1) is 0 Å². The molecule has 26 heavy (non-hydrogen) atoms. The van der Waals surface area contributed by atoms with Crippen LogP contribution in [0.2, 0.25) is 0 Å². The second-order valence-corrected chi connectivity index (χ2v) is 6.91. The van der Waals surface area contributed by atoms with Crippen LogP contribution in [0.25, 0.3) is 5.57 Å². The van der Waals surface area contributed by atoms with Gasteiger partial charge in [-0.3, -0.25) is 10.4 Å². The molecule has 0 amide bonds. The fraction of sp³-hybridized carbons (Fsp3) is 0.333. The van der Waals surface area contributed by atoms with E-state index in [9.17, 15) is 0 Å². The summed E-state index contributed by atoms with van der Waals surface area (Å²) >= 11 is 0. The zero-order valence-electron chi connectivity index (χ0n) is 16.9. The second-order valence-electron chi connectivity index (χ2n) is 6.91. The van der Waals surface area contributed by atoms with Crippen LogP contribution in [0.1, 0.15) is 61.9 Å². The van der Waals surface area contributed by atoms with Crippen molar-refractivity contribution in [1.82, 2.24) is 0 Å². The van der Waals surface area contributed by atoms with Gasteiger partial charge in [0.15, 0.2) is 0 Å². The average molecular weight is 347 g/mol. The van der Waals surface area contributed by atoms with Crippen LogP contribution >= 0.6 is 0 Å². The highest BCUT2D eigenvalue weighted by Crippen LogP contribution is 2.26.